The number of carboxylic acid groups (broad SMARTS) is 1. The van der Waals surface area contributed by atoms with E-state index in [1.54, 1.807) is 0 Å². The van der Waals surface area contributed by atoms with Gasteiger partial charge in [0.05, 0.1) is 0 Å². The van der Waals surface area contributed by atoms with Crippen LogP contribution in [0.1, 0.15) is 45.4 Å². The van der Waals surface area contributed by atoms with E-state index in [1.807, 2.05) is 0 Å². The van der Waals surface area contributed by atoms with Crippen LogP contribution < -0.4 is 0 Å². The molecular formula is C15H22O2. The van der Waals surface area contributed by atoms with Crippen LogP contribution in [-0.2, 0) is 4.79 Å². The van der Waals surface area contributed by atoms with E-state index < -0.39 is 5.97 Å². The summed E-state index contributed by atoms with van der Waals surface area (Å²) in [4.78, 5) is 11.0. The summed E-state index contributed by atoms with van der Waals surface area (Å²) < 4.78 is 0. The average molecular weight is 234 g/mol. The Morgan fingerprint density at radius 1 is 1.29 bits per heavy atom. The quantitative estimate of drug-likeness (QED) is 0.759. The molecular weight excluding hydrogens is 212 g/mol. The number of hydrogen-bond acceptors (Lipinski definition) is 1. The van der Waals surface area contributed by atoms with Gasteiger partial charge in [-0.1, -0.05) is 13.5 Å². The Kier molecular flexibility index (Phi) is 2.39. The Morgan fingerprint density at radius 3 is 2.35 bits per heavy atom. The molecule has 2 heteroatoms. The molecule has 0 saturated heterocycles. The van der Waals surface area contributed by atoms with Crippen LogP contribution in [0.25, 0.3) is 0 Å². The molecule has 4 rings (SSSR count). The number of hydrogen-bond donors (Lipinski definition) is 1. The number of rotatable bonds is 3. The van der Waals surface area contributed by atoms with E-state index in [9.17, 15) is 4.79 Å². The lowest BCUT2D eigenvalue weighted by Gasteiger charge is -2.60. The largest absolute Gasteiger partial charge is 0.478 e. The summed E-state index contributed by atoms with van der Waals surface area (Å²) in [6, 6.07) is 0. The summed E-state index contributed by atoms with van der Waals surface area (Å²) in [6.07, 6.45) is 7.52. The molecule has 4 aliphatic carbocycles. The van der Waals surface area contributed by atoms with Gasteiger partial charge in [0.2, 0.25) is 0 Å². The summed E-state index contributed by atoms with van der Waals surface area (Å²) in [5, 5.41) is 9.02. The zero-order valence-electron chi connectivity index (χ0n) is 10.6. The van der Waals surface area contributed by atoms with Crippen LogP contribution in [0.3, 0.4) is 0 Å². The van der Waals surface area contributed by atoms with Crippen LogP contribution in [-0.4, -0.2) is 11.1 Å². The molecule has 0 aliphatic heterocycles. The molecule has 94 valence electrons. The third-order valence-corrected chi connectivity index (χ3v) is 5.68. The molecule has 0 radical (unpaired) electrons. The Labute approximate surface area is 103 Å². The van der Waals surface area contributed by atoms with Gasteiger partial charge in [0.15, 0.2) is 0 Å². The van der Waals surface area contributed by atoms with Gasteiger partial charge in [-0.25, -0.2) is 4.79 Å². The molecule has 4 saturated carbocycles. The van der Waals surface area contributed by atoms with Crippen LogP contribution in [0.4, 0.5) is 0 Å². The maximum absolute atomic E-state index is 11.0. The third-order valence-electron chi connectivity index (χ3n) is 5.68. The van der Waals surface area contributed by atoms with Crippen molar-refractivity contribution in [3.05, 3.63) is 12.2 Å². The van der Waals surface area contributed by atoms with E-state index >= 15 is 0 Å². The summed E-state index contributed by atoms with van der Waals surface area (Å²) in [5.41, 5.74) is 0.830. The van der Waals surface area contributed by atoms with Crippen molar-refractivity contribution in [2.24, 2.45) is 29.1 Å². The highest BCUT2D eigenvalue weighted by Crippen LogP contribution is 2.63. The summed E-state index contributed by atoms with van der Waals surface area (Å²) in [6.45, 7) is 6.14. The van der Waals surface area contributed by atoms with E-state index in [2.05, 4.69) is 13.5 Å². The fourth-order valence-electron chi connectivity index (χ4n) is 5.32. The predicted octanol–water partition coefficient (Wildman–Crippen LogP) is 3.48. The fourth-order valence-corrected chi connectivity index (χ4v) is 5.32. The van der Waals surface area contributed by atoms with Crippen molar-refractivity contribution in [1.29, 1.82) is 0 Å². The molecule has 3 atom stereocenters. The van der Waals surface area contributed by atoms with E-state index in [4.69, 9.17) is 5.11 Å². The van der Waals surface area contributed by atoms with Crippen molar-refractivity contribution in [2.75, 3.05) is 0 Å². The maximum atomic E-state index is 11.0. The van der Waals surface area contributed by atoms with Crippen LogP contribution in [0.5, 0.6) is 0 Å². The zero-order valence-corrected chi connectivity index (χ0v) is 10.6. The SMILES string of the molecule is C=C(CC1C2CC3CC(C2)CC1(C)C3)C(=O)O. The van der Waals surface area contributed by atoms with Crippen molar-refractivity contribution in [3.8, 4) is 0 Å². The fraction of sp³-hybridized carbons (Fsp3) is 0.800. The second-order valence-electron chi connectivity index (χ2n) is 6.98. The number of aliphatic carboxylic acids is 1. The van der Waals surface area contributed by atoms with Gasteiger partial charge >= 0.3 is 5.97 Å². The maximum Gasteiger partial charge on any atom is 0.330 e. The minimum Gasteiger partial charge on any atom is -0.478 e. The zero-order chi connectivity index (χ0) is 12.2. The molecule has 0 spiro atoms. The molecule has 0 aromatic carbocycles. The molecule has 17 heavy (non-hydrogen) atoms. The summed E-state index contributed by atoms with van der Waals surface area (Å²) in [7, 11) is 0. The standard InChI is InChI=1S/C15H22O2/c1-9(14(16)17)3-13-12-5-10-4-11(6-12)8-15(13,2)7-10/h10-13H,1,3-8H2,2H3,(H,16,17). The average Bonchev–Trinajstić information content (AvgIpc) is 2.21. The van der Waals surface area contributed by atoms with Gasteiger partial charge in [0.1, 0.15) is 0 Å². The Morgan fingerprint density at radius 2 is 1.88 bits per heavy atom. The van der Waals surface area contributed by atoms with E-state index in [-0.39, 0.29) is 0 Å². The monoisotopic (exact) mass is 234 g/mol. The van der Waals surface area contributed by atoms with E-state index in [1.165, 1.54) is 32.1 Å². The van der Waals surface area contributed by atoms with Crippen molar-refractivity contribution in [3.63, 3.8) is 0 Å². The van der Waals surface area contributed by atoms with E-state index in [0.29, 0.717) is 16.9 Å². The lowest BCUT2D eigenvalue weighted by Crippen LogP contribution is -2.51. The topological polar surface area (TPSA) is 37.3 Å². The van der Waals surface area contributed by atoms with Crippen LogP contribution in [0.15, 0.2) is 12.2 Å². The Hall–Kier alpha value is -0.790. The van der Waals surface area contributed by atoms with Gasteiger partial charge in [-0.15, -0.1) is 0 Å². The van der Waals surface area contributed by atoms with E-state index in [0.717, 1.165) is 24.2 Å². The number of carbonyl (C=O) groups is 1. The van der Waals surface area contributed by atoms with Gasteiger partial charge in [0.25, 0.3) is 0 Å². The van der Waals surface area contributed by atoms with Crippen molar-refractivity contribution in [1.82, 2.24) is 0 Å². The lowest BCUT2D eigenvalue weighted by atomic mass is 9.45. The Bertz CT molecular complexity index is 357. The highest BCUT2D eigenvalue weighted by molar-refractivity contribution is 5.85. The first-order chi connectivity index (χ1) is 7.98. The van der Waals surface area contributed by atoms with Crippen molar-refractivity contribution in [2.45, 2.75) is 45.4 Å². The first-order valence-corrected chi connectivity index (χ1v) is 6.89. The lowest BCUT2D eigenvalue weighted by molar-refractivity contribution is -0.134. The van der Waals surface area contributed by atoms with Crippen molar-refractivity contribution >= 4 is 5.97 Å². The molecule has 0 aromatic heterocycles. The van der Waals surface area contributed by atoms with Crippen molar-refractivity contribution < 1.29 is 9.90 Å². The van der Waals surface area contributed by atoms with Crippen LogP contribution >= 0.6 is 0 Å². The van der Waals surface area contributed by atoms with Gasteiger partial charge < -0.3 is 5.11 Å². The van der Waals surface area contributed by atoms with Crippen LogP contribution in [0, 0.1) is 29.1 Å². The minimum atomic E-state index is -0.803. The van der Waals surface area contributed by atoms with Gasteiger partial charge in [-0.05, 0) is 67.6 Å². The smallest absolute Gasteiger partial charge is 0.330 e. The second-order valence-corrected chi connectivity index (χ2v) is 6.98. The molecule has 3 unspecified atom stereocenters. The van der Waals surface area contributed by atoms with Gasteiger partial charge in [-0.3, -0.25) is 0 Å². The highest BCUT2D eigenvalue weighted by Gasteiger charge is 2.54. The normalized spacial score (nSPS) is 47.1. The molecule has 2 nitrogen and oxygen atoms in total. The Balaban J connectivity index is 1.80. The minimum absolute atomic E-state index is 0.410. The van der Waals surface area contributed by atoms with Gasteiger partial charge in [0, 0.05) is 5.57 Å². The molecule has 0 aromatic rings. The molecule has 1 N–H and O–H groups in total. The second kappa shape index (κ2) is 3.60. The third kappa shape index (κ3) is 1.73. The predicted molar refractivity (Wildman–Crippen MR) is 66.5 cm³/mol. The molecule has 4 bridgehead atoms. The molecule has 4 fully saturated rings. The molecule has 0 amide bonds. The van der Waals surface area contributed by atoms with Crippen LogP contribution in [0.2, 0.25) is 0 Å². The number of carboxylic acids is 1. The highest BCUT2D eigenvalue weighted by atomic mass is 16.4. The first-order valence-electron chi connectivity index (χ1n) is 6.89. The molecule has 4 aliphatic rings. The summed E-state index contributed by atoms with van der Waals surface area (Å²) in [5.74, 6) is 2.43. The molecule has 0 heterocycles. The summed E-state index contributed by atoms with van der Waals surface area (Å²) >= 11 is 0. The first kappa shape index (κ1) is 11.3. The van der Waals surface area contributed by atoms with Gasteiger partial charge in [-0.2, -0.15) is 0 Å².